The van der Waals surface area contributed by atoms with E-state index in [1.54, 1.807) is 12.1 Å². The third-order valence-electron chi connectivity index (χ3n) is 3.50. The molecular weight excluding hydrogens is 493 g/mol. The minimum Gasteiger partial charge on any atom is -0.381 e. The monoisotopic (exact) mass is 521 g/mol. The van der Waals surface area contributed by atoms with Crippen molar-refractivity contribution in [1.82, 2.24) is 20.8 Å². The van der Waals surface area contributed by atoms with Crippen molar-refractivity contribution in [2.24, 2.45) is 10.9 Å². The molecular formula is C19H29ClIN5O2. The zero-order valence-electron chi connectivity index (χ0n) is 16.6. The molecule has 0 amide bonds. The fraction of sp³-hybridized carbons (Fsp3) is 0.526. The van der Waals surface area contributed by atoms with Crippen LogP contribution in [-0.2, 0) is 11.3 Å². The maximum atomic E-state index is 5.90. The molecule has 0 radical (unpaired) electrons. The van der Waals surface area contributed by atoms with E-state index >= 15 is 0 Å². The molecule has 156 valence electrons. The van der Waals surface area contributed by atoms with E-state index < -0.39 is 0 Å². The standard InChI is InChI=1S/C19H28ClN5O2.HI/c1-4-21-19(22-10-5-11-26-13-14(2)3)23-12-17-24-18(25-27-17)15-6-8-16(20)9-7-15;/h6-9,14H,4-5,10-13H2,1-3H3,(H2,21,22,23);1H. The lowest BCUT2D eigenvalue weighted by atomic mass is 10.2. The minimum absolute atomic E-state index is 0. The number of nitrogens with one attached hydrogen (secondary N) is 2. The number of hydrogen-bond acceptors (Lipinski definition) is 5. The molecule has 2 aromatic rings. The lowest BCUT2D eigenvalue weighted by Crippen LogP contribution is -2.38. The highest BCUT2D eigenvalue weighted by atomic mass is 127. The molecule has 1 aromatic heterocycles. The molecule has 0 aliphatic carbocycles. The largest absolute Gasteiger partial charge is 0.381 e. The second-order valence-electron chi connectivity index (χ2n) is 6.46. The lowest BCUT2D eigenvalue weighted by molar-refractivity contribution is 0.108. The fourth-order valence-electron chi connectivity index (χ4n) is 2.22. The number of guanidine groups is 1. The average Bonchev–Trinajstić information content (AvgIpc) is 3.11. The van der Waals surface area contributed by atoms with E-state index in [4.69, 9.17) is 20.9 Å². The summed E-state index contributed by atoms with van der Waals surface area (Å²) in [5.74, 6) is 2.26. The second-order valence-corrected chi connectivity index (χ2v) is 6.90. The molecule has 7 nitrogen and oxygen atoms in total. The fourth-order valence-corrected chi connectivity index (χ4v) is 2.35. The van der Waals surface area contributed by atoms with Gasteiger partial charge in [-0.25, -0.2) is 4.99 Å². The molecule has 2 rings (SSSR count). The van der Waals surface area contributed by atoms with E-state index in [9.17, 15) is 0 Å². The van der Waals surface area contributed by atoms with Crippen LogP contribution < -0.4 is 10.6 Å². The first kappa shape index (κ1) is 24.6. The van der Waals surface area contributed by atoms with E-state index in [1.807, 2.05) is 19.1 Å². The predicted molar refractivity (Wildman–Crippen MR) is 123 cm³/mol. The van der Waals surface area contributed by atoms with Crippen molar-refractivity contribution >= 4 is 41.5 Å². The number of ether oxygens (including phenoxy) is 1. The normalized spacial score (nSPS) is 11.4. The van der Waals surface area contributed by atoms with Crippen molar-refractivity contribution < 1.29 is 9.26 Å². The van der Waals surface area contributed by atoms with Gasteiger partial charge in [-0.15, -0.1) is 24.0 Å². The quantitative estimate of drug-likeness (QED) is 0.212. The maximum absolute atomic E-state index is 5.90. The van der Waals surface area contributed by atoms with Gasteiger partial charge in [0, 0.05) is 36.9 Å². The van der Waals surface area contributed by atoms with Crippen molar-refractivity contribution in [2.75, 3.05) is 26.3 Å². The van der Waals surface area contributed by atoms with Crippen LogP contribution in [0, 0.1) is 5.92 Å². The molecule has 0 aliphatic rings. The highest BCUT2D eigenvalue weighted by molar-refractivity contribution is 14.0. The van der Waals surface area contributed by atoms with Gasteiger partial charge in [-0.1, -0.05) is 30.6 Å². The van der Waals surface area contributed by atoms with E-state index in [0.717, 1.165) is 38.3 Å². The first-order valence-electron chi connectivity index (χ1n) is 9.27. The highest BCUT2D eigenvalue weighted by Crippen LogP contribution is 2.18. The molecule has 0 fully saturated rings. The van der Waals surface area contributed by atoms with Crippen molar-refractivity contribution in [3.63, 3.8) is 0 Å². The first-order chi connectivity index (χ1) is 13.1. The SMILES string of the molecule is CCNC(=NCc1nc(-c2ccc(Cl)cc2)no1)NCCCOCC(C)C.I. The van der Waals surface area contributed by atoms with Crippen molar-refractivity contribution in [3.05, 3.63) is 35.2 Å². The molecule has 2 N–H and O–H groups in total. The van der Waals surface area contributed by atoms with E-state index in [-0.39, 0.29) is 24.0 Å². The Morgan fingerprint density at radius 2 is 2.00 bits per heavy atom. The number of benzene rings is 1. The predicted octanol–water partition coefficient (Wildman–Crippen LogP) is 4.13. The van der Waals surface area contributed by atoms with Crippen molar-refractivity contribution in [2.45, 2.75) is 33.7 Å². The molecule has 0 saturated carbocycles. The second kappa shape index (κ2) is 13.7. The summed E-state index contributed by atoms with van der Waals surface area (Å²) >= 11 is 5.90. The Hall–Kier alpha value is -1.39. The van der Waals surface area contributed by atoms with Crippen LogP contribution in [0.1, 0.15) is 33.1 Å². The molecule has 0 unspecified atom stereocenters. The van der Waals surface area contributed by atoms with Crippen LogP contribution in [0.4, 0.5) is 0 Å². The van der Waals surface area contributed by atoms with Crippen molar-refractivity contribution in [1.29, 1.82) is 0 Å². The maximum Gasteiger partial charge on any atom is 0.248 e. The van der Waals surface area contributed by atoms with Gasteiger partial charge in [-0.2, -0.15) is 4.98 Å². The van der Waals surface area contributed by atoms with Crippen LogP contribution in [-0.4, -0.2) is 42.4 Å². The van der Waals surface area contributed by atoms with Gasteiger partial charge in [0.25, 0.3) is 0 Å². The highest BCUT2D eigenvalue weighted by Gasteiger charge is 2.08. The zero-order valence-corrected chi connectivity index (χ0v) is 19.7. The molecule has 0 bridgehead atoms. The van der Waals surface area contributed by atoms with Gasteiger partial charge >= 0.3 is 0 Å². The number of aromatic nitrogens is 2. The Kier molecular flexibility index (Phi) is 12.1. The average molecular weight is 522 g/mol. The summed E-state index contributed by atoms with van der Waals surface area (Å²) in [6.07, 6.45) is 0.915. The zero-order chi connectivity index (χ0) is 19.5. The topological polar surface area (TPSA) is 84.6 Å². The van der Waals surface area contributed by atoms with Gasteiger partial charge in [0.1, 0.15) is 6.54 Å². The third kappa shape index (κ3) is 9.20. The summed E-state index contributed by atoms with van der Waals surface area (Å²) in [7, 11) is 0. The van der Waals surface area contributed by atoms with E-state index in [0.29, 0.717) is 35.2 Å². The number of hydrogen-bond donors (Lipinski definition) is 2. The summed E-state index contributed by atoms with van der Waals surface area (Å²) < 4.78 is 10.9. The molecule has 0 saturated heterocycles. The molecule has 0 spiro atoms. The van der Waals surface area contributed by atoms with Gasteiger partial charge in [-0.05, 0) is 43.5 Å². The Labute approximate surface area is 188 Å². The van der Waals surface area contributed by atoms with Crippen LogP contribution in [0.3, 0.4) is 0 Å². The first-order valence-corrected chi connectivity index (χ1v) is 9.64. The van der Waals surface area contributed by atoms with Gasteiger partial charge in [-0.3, -0.25) is 0 Å². The number of nitrogens with zero attached hydrogens (tertiary/aromatic N) is 3. The molecule has 1 aromatic carbocycles. The molecule has 1 heterocycles. The summed E-state index contributed by atoms with van der Waals surface area (Å²) in [6, 6.07) is 7.30. The molecule has 9 heteroatoms. The van der Waals surface area contributed by atoms with Crippen LogP contribution in [0.2, 0.25) is 5.02 Å². The Balaban J connectivity index is 0.00000392. The summed E-state index contributed by atoms with van der Waals surface area (Å²) in [5.41, 5.74) is 0.852. The molecule has 28 heavy (non-hydrogen) atoms. The minimum atomic E-state index is 0. The van der Waals surface area contributed by atoms with Gasteiger partial charge in [0.05, 0.1) is 0 Å². The van der Waals surface area contributed by atoms with Crippen LogP contribution in [0.25, 0.3) is 11.4 Å². The van der Waals surface area contributed by atoms with Gasteiger partial charge in [0.2, 0.25) is 11.7 Å². The Bertz CT molecular complexity index is 707. The Morgan fingerprint density at radius 3 is 2.68 bits per heavy atom. The Morgan fingerprint density at radius 1 is 1.25 bits per heavy atom. The van der Waals surface area contributed by atoms with Crippen LogP contribution >= 0.6 is 35.6 Å². The van der Waals surface area contributed by atoms with Crippen molar-refractivity contribution in [3.8, 4) is 11.4 Å². The van der Waals surface area contributed by atoms with Gasteiger partial charge in [0.15, 0.2) is 5.96 Å². The summed E-state index contributed by atoms with van der Waals surface area (Å²) in [5, 5.41) is 11.1. The number of aliphatic imine (C=N–C) groups is 1. The number of halogens is 2. The van der Waals surface area contributed by atoms with E-state index in [2.05, 4.69) is 39.6 Å². The molecule has 0 atom stereocenters. The van der Waals surface area contributed by atoms with Crippen LogP contribution in [0.5, 0.6) is 0 Å². The summed E-state index contributed by atoms with van der Waals surface area (Å²) in [6.45, 7) is 9.70. The molecule has 0 aliphatic heterocycles. The summed E-state index contributed by atoms with van der Waals surface area (Å²) in [4.78, 5) is 8.86. The number of rotatable bonds is 10. The lowest BCUT2D eigenvalue weighted by Gasteiger charge is -2.11. The smallest absolute Gasteiger partial charge is 0.248 e. The van der Waals surface area contributed by atoms with E-state index in [1.165, 1.54) is 0 Å². The van der Waals surface area contributed by atoms with Crippen LogP contribution in [0.15, 0.2) is 33.8 Å². The van der Waals surface area contributed by atoms with Gasteiger partial charge < -0.3 is 19.9 Å². The third-order valence-corrected chi connectivity index (χ3v) is 3.75.